The van der Waals surface area contributed by atoms with Crippen LogP contribution in [0.25, 0.3) is 0 Å². The van der Waals surface area contributed by atoms with E-state index >= 15 is 0 Å². The molecule has 1 heterocycles. The number of hydrogen-bond donors (Lipinski definition) is 1. The van der Waals surface area contributed by atoms with Gasteiger partial charge in [-0.1, -0.05) is 6.08 Å². The van der Waals surface area contributed by atoms with Crippen LogP contribution < -0.4 is 5.32 Å². The maximum Gasteiger partial charge on any atom is 0.164 e. The van der Waals surface area contributed by atoms with Crippen molar-refractivity contribution in [2.75, 3.05) is 6.54 Å². The predicted octanol–water partition coefficient (Wildman–Crippen LogP) is 0.440. The average Bonchev–Trinajstić information content (AvgIpc) is 2.19. The van der Waals surface area contributed by atoms with Gasteiger partial charge in [-0.25, -0.2) is 0 Å². The van der Waals surface area contributed by atoms with Crippen molar-refractivity contribution >= 4 is 6.34 Å². The largest absolute Gasteiger partial charge is 0.365 e. The van der Waals surface area contributed by atoms with Crippen LogP contribution in [0.1, 0.15) is 6.42 Å². The molecule has 0 saturated carbocycles. The first-order valence-electron chi connectivity index (χ1n) is 2.72. The summed E-state index contributed by atoms with van der Waals surface area (Å²) >= 11 is 0. The fraction of sp³-hybridized carbons (Fsp3) is 0.500. The molecule has 0 aliphatic carbocycles. The van der Waals surface area contributed by atoms with Gasteiger partial charge >= 0.3 is 0 Å². The lowest BCUT2D eigenvalue weighted by atomic mass is 10.2. The molecule has 2 nitrogen and oxygen atoms in total. The summed E-state index contributed by atoms with van der Waals surface area (Å²) < 4.78 is 0. The SMILES string of the molecule is C=CCC1CN[C]=N1. The smallest absolute Gasteiger partial charge is 0.164 e. The molecule has 1 N–H and O–H groups in total. The standard InChI is InChI=1S/C6H9N2/c1-2-3-6-4-7-5-8-6/h2,6H,1,3-4H2,(H,7,8). The molecule has 0 aromatic heterocycles. The second-order valence-electron chi connectivity index (χ2n) is 1.80. The van der Waals surface area contributed by atoms with Crippen LogP contribution in [-0.2, 0) is 0 Å². The molecule has 1 rings (SSSR count). The Kier molecular flexibility index (Phi) is 1.67. The Morgan fingerprint density at radius 2 is 2.88 bits per heavy atom. The second-order valence-corrected chi connectivity index (χ2v) is 1.80. The molecule has 1 unspecified atom stereocenters. The van der Waals surface area contributed by atoms with Gasteiger partial charge in [0.15, 0.2) is 6.34 Å². The van der Waals surface area contributed by atoms with E-state index in [0.717, 1.165) is 13.0 Å². The van der Waals surface area contributed by atoms with Crippen LogP contribution in [0.15, 0.2) is 17.6 Å². The van der Waals surface area contributed by atoms with E-state index in [1.54, 1.807) is 0 Å². The zero-order chi connectivity index (χ0) is 5.82. The highest BCUT2D eigenvalue weighted by molar-refractivity contribution is 5.57. The molecule has 0 bridgehead atoms. The Morgan fingerprint density at radius 1 is 2.00 bits per heavy atom. The van der Waals surface area contributed by atoms with Crippen LogP contribution in [0.5, 0.6) is 0 Å². The Hall–Kier alpha value is -0.790. The maximum absolute atomic E-state index is 3.99. The molecule has 1 aliphatic rings. The lowest BCUT2D eigenvalue weighted by molar-refractivity contribution is 0.708. The van der Waals surface area contributed by atoms with Crippen LogP contribution >= 0.6 is 0 Å². The first kappa shape index (κ1) is 5.35. The van der Waals surface area contributed by atoms with Gasteiger partial charge in [0.1, 0.15) is 0 Å². The summed E-state index contributed by atoms with van der Waals surface area (Å²) in [7, 11) is 0. The van der Waals surface area contributed by atoms with Crippen molar-refractivity contribution in [1.29, 1.82) is 0 Å². The Morgan fingerprint density at radius 3 is 3.38 bits per heavy atom. The van der Waals surface area contributed by atoms with Gasteiger partial charge in [-0.15, -0.1) is 6.58 Å². The van der Waals surface area contributed by atoms with E-state index in [0.29, 0.717) is 6.04 Å². The maximum atomic E-state index is 3.99. The van der Waals surface area contributed by atoms with Gasteiger partial charge in [-0.3, -0.25) is 4.99 Å². The third-order valence-corrected chi connectivity index (χ3v) is 1.10. The van der Waals surface area contributed by atoms with Crippen LogP contribution in [0.4, 0.5) is 0 Å². The number of aliphatic imine (C=N–C) groups is 1. The molecule has 1 radical (unpaired) electrons. The summed E-state index contributed by atoms with van der Waals surface area (Å²) in [5.74, 6) is 0. The molecule has 0 aromatic carbocycles. The minimum atomic E-state index is 0.396. The normalized spacial score (nSPS) is 25.2. The quantitative estimate of drug-likeness (QED) is 0.511. The first-order chi connectivity index (χ1) is 3.93. The molecule has 0 saturated heterocycles. The summed E-state index contributed by atoms with van der Waals surface area (Å²) in [4.78, 5) is 3.99. The summed E-state index contributed by atoms with van der Waals surface area (Å²) in [6, 6.07) is 0.396. The van der Waals surface area contributed by atoms with Crippen molar-refractivity contribution in [1.82, 2.24) is 5.32 Å². The van der Waals surface area contributed by atoms with E-state index in [-0.39, 0.29) is 0 Å². The van der Waals surface area contributed by atoms with E-state index in [1.165, 1.54) is 0 Å². The minimum Gasteiger partial charge on any atom is -0.365 e. The highest BCUT2D eigenvalue weighted by Gasteiger charge is 2.06. The van der Waals surface area contributed by atoms with Gasteiger partial charge in [0.2, 0.25) is 0 Å². The Balaban J connectivity index is 2.25. The predicted molar refractivity (Wildman–Crippen MR) is 34.0 cm³/mol. The number of nitrogens with one attached hydrogen (secondary N) is 1. The topological polar surface area (TPSA) is 24.4 Å². The second kappa shape index (κ2) is 2.50. The van der Waals surface area contributed by atoms with Crippen LogP contribution in [0, 0.1) is 0 Å². The molecule has 2 heteroatoms. The number of nitrogens with zero attached hydrogens (tertiary/aromatic N) is 1. The molecule has 43 valence electrons. The third kappa shape index (κ3) is 1.09. The fourth-order valence-electron chi connectivity index (χ4n) is 0.674. The van der Waals surface area contributed by atoms with Gasteiger partial charge in [0.05, 0.1) is 6.04 Å². The molecule has 0 aromatic rings. The molecule has 0 amide bonds. The highest BCUT2D eigenvalue weighted by Crippen LogP contribution is 1.98. The lowest BCUT2D eigenvalue weighted by Crippen LogP contribution is -2.13. The zero-order valence-electron chi connectivity index (χ0n) is 4.72. The molecule has 1 aliphatic heterocycles. The van der Waals surface area contributed by atoms with Crippen LogP contribution in [0.2, 0.25) is 0 Å². The lowest BCUT2D eigenvalue weighted by Gasteiger charge is -1.97. The fourth-order valence-corrected chi connectivity index (χ4v) is 0.674. The van der Waals surface area contributed by atoms with Gasteiger partial charge in [0.25, 0.3) is 0 Å². The summed E-state index contributed by atoms with van der Waals surface area (Å²) in [6.07, 6.45) is 5.52. The first-order valence-corrected chi connectivity index (χ1v) is 2.72. The summed E-state index contributed by atoms with van der Waals surface area (Å²) in [5, 5.41) is 2.89. The summed E-state index contributed by atoms with van der Waals surface area (Å²) in [5.41, 5.74) is 0. The van der Waals surface area contributed by atoms with Crippen molar-refractivity contribution in [2.45, 2.75) is 12.5 Å². The van der Waals surface area contributed by atoms with Gasteiger partial charge in [-0.2, -0.15) is 0 Å². The van der Waals surface area contributed by atoms with Crippen LogP contribution in [0.3, 0.4) is 0 Å². The summed E-state index contributed by atoms with van der Waals surface area (Å²) in [6.45, 7) is 4.53. The minimum absolute atomic E-state index is 0.396. The van der Waals surface area contributed by atoms with Crippen LogP contribution in [-0.4, -0.2) is 18.9 Å². The van der Waals surface area contributed by atoms with Gasteiger partial charge < -0.3 is 5.32 Å². The monoisotopic (exact) mass is 109 g/mol. The zero-order valence-corrected chi connectivity index (χ0v) is 4.72. The molecule has 8 heavy (non-hydrogen) atoms. The Bertz CT molecular complexity index is 107. The number of hydrogen-bond acceptors (Lipinski definition) is 2. The van der Waals surface area contributed by atoms with Crippen molar-refractivity contribution in [3.05, 3.63) is 12.7 Å². The third-order valence-electron chi connectivity index (χ3n) is 1.10. The molecule has 0 fully saturated rings. The molecular weight excluding hydrogens is 100 g/mol. The van der Waals surface area contributed by atoms with Crippen molar-refractivity contribution < 1.29 is 0 Å². The van der Waals surface area contributed by atoms with E-state index in [1.807, 2.05) is 6.08 Å². The van der Waals surface area contributed by atoms with Crippen molar-refractivity contribution in [2.24, 2.45) is 4.99 Å². The molecular formula is C6H9N2. The van der Waals surface area contributed by atoms with E-state index in [2.05, 4.69) is 23.2 Å². The number of rotatable bonds is 2. The Labute approximate surface area is 49.3 Å². The van der Waals surface area contributed by atoms with E-state index < -0.39 is 0 Å². The van der Waals surface area contributed by atoms with Crippen molar-refractivity contribution in [3.63, 3.8) is 0 Å². The van der Waals surface area contributed by atoms with Gasteiger partial charge in [-0.05, 0) is 6.42 Å². The molecule has 1 atom stereocenters. The van der Waals surface area contributed by atoms with E-state index in [4.69, 9.17) is 0 Å². The molecule has 0 spiro atoms. The average molecular weight is 109 g/mol. The van der Waals surface area contributed by atoms with Gasteiger partial charge in [0, 0.05) is 6.54 Å². The van der Waals surface area contributed by atoms with Crippen molar-refractivity contribution in [3.8, 4) is 0 Å². The van der Waals surface area contributed by atoms with E-state index in [9.17, 15) is 0 Å². The highest BCUT2D eigenvalue weighted by atomic mass is 15.0.